The number of hydrogen-bond acceptors (Lipinski definition) is 4. The predicted molar refractivity (Wildman–Crippen MR) is 98.3 cm³/mol. The molecule has 4 heteroatoms. The number of hydrogen-bond donors (Lipinski definition) is 1. The molecule has 4 nitrogen and oxygen atoms in total. The van der Waals surface area contributed by atoms with Crippen molar-refractivity contribution < 1.29 is 19.4 Å². The van der Waals surface area contributed by atoms with Crippen molar-refractivity contribution in [3.63, 3.8) is 0 Å². The first-order valence-corrected chi connectivity index (χ1v) is 9.73. The van der Waals surface area contributed by atoms with Crippen LogP contribution in [0, 0.1) is 11.3 Å². The molecular formula is C22H28O4. The van der Waals surface area contributed by atoms with E-state index in [1.165, 1.54) is 6.92 Å². The Labute approximate surface area is 155 Å². The summed E-state index contributed by atoms with van der Waals surface area (Å²) >= 11 is 0. The van der Waals surface area contributed by atoms with Crippen molar-refractivity contribution in [2.45, 2.75) is 69.9 Å². The van der Waals surface area contributed by atoms with E-state index in [0.29, 0.717) is 13.0 Å². The van der Waals surface area contributed by atoms with Crippen molar-refractivity contribution in [2.75, 3.05) is 0 Å². The molecule has 0 amide bonds. The third-order valence-corrected chi connectivity index (χ3v) is 6.82. The van der Waals surface area contributed by atoms with E-state index in [4.69, 9.17) is 9.47 Å². The number of rotatable bonds is 4. The van der Waals surface area contributed by atoms with Crippen LogP contribution in [0.1, 0.15) is 51.0 Å². The number of carbonyl (C=O) groups is 1. The molecule has 5 atom stereocenters. The molecule has 0 saturated heterocycles. The molecule has 1 aromatic rings. The van der Waals surface area contributed by atoms with Gasteiger partial charge in [0.2, 0.25) is 0 Å². The summed E-state index contributed by atoms with van der Waals surface area (Å²) in [5.74, 6) is 0.0478. The van der Waals surface area contributed by atoms with E-state index in [2.05, 4.69) is 24.3 Å². The Morgan fingerprint density at radius 2 is 2.04 bits per heavy atom. The summed E-state index contributed by atoms with van der Waals surface area (Å²) in [7, 11) is 0. The third kappa shape index (κ3) is 2.89. The predicted octanol–water partition coefficient (Wildman–Crippen LogP) is 3.77. The van der Waals surface area contributed by atoms with Crippen molar-refractivity contribution in [3.05, 3.63) is 48.0 Å². The summed E-state index contributed by atoms with van der Waals surface area (Å²) in [5, 5.41) is 10.6. The SMILES string of the molecule is CC(=O)O[C@@H]1CC=CC[C@@]12C[C@@H]1CC[C@@]2(OCc2ccccc2)C[C@@H]1O. The van der Waals surface area contributed by atoms with Gasteiger partial charge in [0.05, 0.1) is 18.3 Å². The van der Waals surface area contributed by atoms with E-state index in [9.17, 15) is 9.90 Å². The van der Waals surface area contributed by atoms with Crippen molar-refractivity contribution in [1.29, 1.82) is 0 Å². The van der Waals surface area contributed by atoms with Gasteiger partial charge >= 0.3 is 5.97 Å². The standard InChI is InChI=1S/C22H28O4/c1-16(23)26-20-9-5-6-11-21(20)13-18-10-12-22(21,14-19(18)24)25-15-17-7-3-2-4-8-17/h2-8,18-20,24H,9-15H2,1H3/t18-,19-,20+,21+,22+/m0/s1. The summed E-state index contributed by atoms with van der Waals surface area (Å²) in [5.41, 5.74) is 0.460. The molecule has 1 spiro atoms. The molecule has 0 radical (unpaired) electrons. The Morgan fingerprint density at radius 3 is 2.77 bits per heavy atom. The lowest BCUT2D eigenvalue weighted by Crippen LogP contribution is -2.66. The molecule has 0 heterocycles. The van der Waals surface area contributed by atoms with Crippen LogP contribution in [0.2, 0.25) is 0 Å². The Balaban J connectivity index is 1.67. The average Bonchev–Trinajstić information content (AvgIpc) is 2.64. The number of ether oxygens (including phenoxy) is 2. The van der Waals surface area contributed by atoms with E-state index < -0.39 is 5.60 Å². The molecule has 0 aliphatic heterocycles. The third-order valence-electron chi connectivity index (χ3n) is 6.82. The first-order valence-electron chi connectivity index (χ1n) is 9.73. The van der Waals surface area contributed by atoms with Gasteiger partial charge in [-0.2, -0.15) is 0 Å². The second-order valence-corrected chi connectivity index (χ2v) is 8.21. The minimum atomic E-state index is -0.443. The quantitative estimate of drug-likeness (QED) is 0.659. The van der Waals surface area contributed by atoms with Crippen LogP contribution in [0.5, 0.6) is 0 Å². The van der Waals surface area contributed by atoms with E-state index >= 15 is 0 Å². The van der Waals surface area contributed by atoms with Gasteiger partial charge in [0, 0.05) is 25.2 Å². The Kier molecular flexibility index (Phi) is 4.66. The number of aliphatic hydroxyl groups is 1. The van der Waals surface area contributed by atoms with Crippen LogP contribution < -0.4 is 0 Å². The Hall–Kier alpha value is -1.65. The molecule has 3 fully saturated rings. The fourth-order valence-corrected chi connectivity index (χ4v) is 5.56. The summed E-state index contributed by atoms with van der Waals surface area (Å²) < 4.78 is 12.4. The van der Waals surface area contributed by atoms with Crippen LogP contribution in [-0.2, 0) is 20.9 Å². The van der Waals surface area contributed by atoms with Crippen LogP contribution in [0.15, 0.2) is 42.5 Å². The largest absolute Gasteiger partial charge is 0.462 e. The van der Waals surface area contributed by atoms with Gasteiger partial charge in [-0.3, -0.25) is 4.79 Å². The van der Waals surface area contributed by atoms with E-state index in [1.807, 2.05) is 18.2 Å². The molecule has 3 saturated carbocycles. The van der Waals surface area contributed by atoms with Gasteiger partial charge < -0.3 is 14.6 Å². The highest BCUT2D eigenvalue weighted by Crippen LogP contribution is 2.62. The van der Waals surface area contributed by atoms with E-state index in [0.717, 1.165) is 37.7 Å². The van der Waals surface area contributed by atoms with Crippen LogP contribution in [-0.4, -0.2) is 28.9 Å². The highest BCUT2D eigenvalue weighted by Gasteiger charge is 2.65. The lowest BCUT2D eigenvalue weighted by molar-refractivity contribution is -0.265. The van der Waals surface area contributed by atoms with Gasteiger partial charge in [-0.25, -0.2) is 0 Å². The Morgan fingerprint density at radius 1 is 1.23 bits per heavy atom. The van der Waals surface area contributed by atoms with Gasteiger partial charge in [0.1, 0.15) is 6.10 Å². The maximum atomic E-state index is 11.8. The fourth-order valence-electron chi connectivity index (χ4n) is 5.56. The van der Waals surface area contributed by atoms with E-state index in [-0.39, 0.29) is 29.5 Å². The molecule has 1 aromatic carbocycles. The van der Waals surface area contributed by atoms with Crippen molar-refractivity contribution in [2.24, 2.45) is 11.3 Å². The average molecular weight is 356 g/mol. The van der Waals surface area contributed by atoms with Gasteiger partial charge in [0.25, 0.3) is 0 Å². The highest BCUT2D eigenvalue weighted by atomic mass is 16.5. The molecule has 5 rings (SSSR count). The number of esters is 1. The van der Waals surface area contributed by atoms with Crippen LogP contribution >= 0.6 is 0 Å². The lowest BCUT2D eigenvalue weighted by atomic mass is 9.48. The first-order chi connectivity index (χ1) is 12.5. The zero-order chi connectivity index (χ0) is 18.2. The van der Waals surface area contributed by atoms with Crippen LogP contribution in [0.25, 0.3) is 0 Å². The second-order valence-electron chi connectivity index (χ2n) is 8.21. The molecule has 4 aliphatic carbocycles. The Bertz CT molecular complexity index is 685. The molecule has 4 aliphatic rings. The van der Waals surface area contributed by atoms with Gasteiger partial charge in [0.15, 0.2) is 0 Å². The summed E-state index contributed by atoms with van der Waals surface area (Å²) in [6.45, 7) is 2.01. The first kappa shape index (κ1) is 17.7. The molecule has 26 heavy (non-hydrogen) atoms. The summed E-state index contributed by atoms with van der Waals surface area (Å²) in [4.78, 5) is 11.8. The number of benzene rings is 1. The molecule has 140 valence electrons. The number of allylic oxidation sites excluding steroid dienone is 1. The number of carbonyl (C=O) groups excluding carboxylic acids is 1. The highest BCUT2D eigenvalue weighted by molar-refractivity contribution is 5.66. The monoisotopic (exact) mass is 356 g/mol. The van der Waals surface area contributed by atoms with Crippen LogP contribution in [0.3, 0.4) is 0 Å². The maximum Gasteiger partial charge on any atom is 0.302 e. The van der Waals surface area contributed by atoms with Gasteiger partial charge in [-0.05, 0) is 37.2 Å². The minimum absolute atomic E-state index is 0.170. The minimum Gasteiger partial charge on any atom is -0.462 e. The zero-order valence-electron chi connectivity index (χ0n) is 15.4. The molecule has 0 aromatic heterocycles. The van der Waals surface area contributed by atoms with Gasteiger partial charge in [-0.15, -0.1) is 0 Å². The molecular weight excluding hydrogens is 328 g/mol. The summed E-state index contributed by atoms with van der Waals surface area (Å²) in [6.07, 6.45) is 8.82. The van der Waals surface area contributed by atoms with Crippen LogP contribution in [0.4, 0.5) is 0 Å². The fraction of sp³-hybridized carbons (Fsp3) is 0.591. The summed E-state index contributed by atoms with van der Waals surface area (Å²) in [6, 6.07) is 10.2. The normalized spacial score (nSPS) is 38.5. The number of fused-ring (bicyclic) bond motifs is 2. The van der Waals surface area contributed by atoms with Crippen molar-refractivity contribution in [1.82, 2.24) is 0 Å². The zero-order valence-corrected chi connectivity index (χ0v) is 15.4. The van der Waals surface area contributed by atoms with Crippen molar-refractivity contribution >= 4 is 5.97 Å². The maximum absolute atomic E-state index is 11.8. The van der Waals surface area contributed by atoms with Crippen molar-refractivity contribution in [3.8, 4) is 0 Å². The smallest absolute Gasteiger partial charge is 0.302 e. The van der Waals surface area contributed by atoms with Gasteiger partial charge in [-0.1, -0.05) is 42.5 Å². The van der Waals surface area contributed by atoms with E-state index in [1.54, 1.807) is 0 Å². The topological polar surface area (TPSA) is 55.8 Å². The number of aliphatic hydroxyl groups excluding tert-OH is 1. The molecule has 0 unspecified atom stereocenters. The second kappa shape index (κ2) is 6.82. The molecule has 2 bridgehead atoms. The lowest BCUT2D eigenvalue weighted by Gasteiger charge is -2.63. The molecule has 1 N–H and O–H groups in total.